The highest BCUT2D eigenvalue weighted by molar-refractivity contribution is 5.76. The molecule has 0 saturated heterocycles. The van der Waals surface area contributed by atoms with Gasteiger partial charge in [0.2, 0.25) is 5.91 Å². The average molecular weight is 209 g/mol. The van der Waals surface area contributed by atoms with Crippen molar-refractivity contribution in [1.82, 2.24) is 4.90 Å². The highest BCUT2D eigenvalue weighted by Crippen LogP contribution is 2.32. The van der Waals surface area contributed by atoms with E-state index >= 15 is 0 Å². The number of nitrogens with two attached hydrogens (primary N) is 1. The Bertz CT molecular complexity index is 267. The van der Waals surface area contributed by atoms with Crippen LogP contribution in [0.1, 0.15) is 26.2 Å². The van der Waals surface area contributed by atoms with Crippen molar-refractivity contribution in [1.29, 1.82) is 5.26 Å². The Hall–Kier alpha value is -1.08. The van der Waals surface area contributed by atoms with Crippen molar-refractivity contribution in [2.45, 2.75) is 32.2 Å². The molecular formula is C11H19N3O. The monoisotopic (exact) mass is 209 g/mol. The van der Waals surface area contributed by atoms with Crippen molar-refractivity contribution in [3.05, 3.63) is 0 Å². The van der Waals surface area contributed by atoms with Gasteiger partial charge in [-0.05, 0) is 25.7 Å². The first-order valence-electron chi connectivity index (χ1n) is 5.43. The zero-order valence-electron chi connectivity index (χ0n) is 9.44. The van der Waals surface area contributed by atoms with Crippen LogP contribution in [0, 0.1) is 23.2 Å². The van der Waals surface area contributed by atoms with Crippen LogP contribution in [-0.4, -0.2) is 30.4 Å². The highest BCUT2D eigenvalue weighted by Gasteiger charge is 2.30. The van der Waals surface area contributed by atoms with Crippen LogP contribution in [0.2, 0.25) is 0 Å². The molecule has 2 N–H and O–H groups in total. The number of amides is 1. The normalized spacial score (nSPS) is 19.1. The van der Waals surface area contributed by atoms with Crippen molar-refractivity contribution in [2.24, 2.45) is 17.6 Å². The van der Waals surface area contributed by atoms with Gasteiger partial charge in [0, 0.05) is 26.1 Å². The maximum atomic E-state index is 11.7. The molecule has 1 aliphatic carbocycles. The Labute approximate surface area is 91.0 Å². The number of hydrogen-bond acceptors (Lipinski definition) is 3. The SMILES string of the molecule is CC(C#N)CN(C)C(=O)CC(N)C1CC1. The van der Waals surface area contributed by atoms with Gasteiger partial charge in [0.1, 0.15) is 0 Å². The first kappa shape index (κ1) is 12.0. The molecule has 15 heavy (non-hydrogen) atoms. The smallest absolute Gasteiger partial charge is 0.223 e. The fourth-order valence-electron chi connectivity index (χ4n) is 1.60. The van der Waals surface area contributed by atoms with Crippen LogP contribution in [-0.2, 0) is 4.79 Å². The second kappa shape index (κ2) is 5.13. The van der Waals surface area contributed by atoms with Gasteiger partial charge in [-0.15, -0.1) is 0 Å². The third-order valence-electron chi connectivity index (χ3n) is 2.83. The predicted octanol–water partition coefficient (Wildman–Crippen LogP) is 0.732. The van der Waals surface area contributed by atoms with E-state index in [1.54, 1.807) is 11.9 Å². The van der Waals surface area contributed by atoms with Crippen molar-refractivity contribution < 1.29 is 4.79 Å². The van der Waals surface area contributed by atoms with Gasteiger partial charge < -0.3 is 10.6 Å². The minimum Gasteiger partial charge on any atom is -0.344 e. The highest BCUT2D eigenvalue weighted by atomic mass is 16.2. The summed E-state index contributed by atoms with van der Waals surface area (Å²) in [6.07, 6.45) is 2.73. The Morgan fingerprint density at radius 2 is 2.27 bits per heavy atom. The summed E-state index contributed by atoms with van der Waals surface area (Å²) in [6, 6.07) is 2.13. The summed E-state index contributed by atoms with van der Waals surface area (Å²) < 4.78 is 0. The van der Waals surface area contributed by atoms with E-state index < -0.39 is 0 Å². The fraction of sp³-hybridized carbons (Fsp3) is 0.818. The molecule has 1 aliphatic rings. The van der Waals surface area contributed by atoms with Crippen molar-refractivity contribution in [2.75, 3.05) is 13.6 Å². The lowest BCUT2D eigenvalue weighted by Gasteiger charge is -2.20. The van der Waals surface area contributed by atoms with Gasteiger partial charge in [0.05, 0.1) is 12.0 Å². The summed E-state index contributed by atoms with van der Waals surface area (Å²) >= 11 is 0. The number of hydrogen-bond donors (Lipinski definition) is 1. The molecular weight excluding hydrogens is 190 g/mol. The van der Waals surface area contributed by atoms with E-state index in [-0.39, 0.29) is 17.9 Å². The molecule has 0 radical (unpaired) electrons. The quantitative estimate of drug-likeness (QED) is 0.725. The van der Waals surface area contributed by atoms with Gasteiger partial charge in [0.15, 0.2) is 0 Å². The van der Waals surface area contributed by atoms with Crippen LogP contribution in [0.5, 0.6) is 0 Å². The van der Waals surface area contributed by atoms with Gasteiger partial charge in [-0.1, -0.05) is 0 Å². The van der Waals surface area contributed by atoms with E-state index in [4.69, 9.17) is 11.0 Å². The lowest BCUT2D eigenvalue weighted by molar-refractivity contribution is -0.130. The van der Waals surface area contributed by atoms with Gasteiger partial charge in [-0.2, -0.15) is 5.26 Å². The van der Waals surface area contributed by atoms with E-state index in [1.807, 2.05) is 6.92 Å². The average Bonchev–Trinajstić information content (AvgIpc) is 3.00. The topological polar surface area (TPSA) is 70.1 Å². The first-order chi connectivity index (χ1) is 7.04. The molecule has 0 bridgehead atoms. The first-order valence-corrected chi connectivity index (χ1v) is 5.43. The van der Waals surface area contributed by atoms with Crippen LogP contribution in [0.15, 0.2) is 0 Å². The number of rotatable bonds is 5. The summed E-state index contributed by atoms with van der Waals surface area (Å²) in [7, 11) is 1.73. The van der Waals surface area contributed by atoms with Crippen LogP contribution >= 0.6 is 0 Å². The van der Waals surface area contributed by atoms with Crippen LogP contribution < -0.4 is 5.73 Å². The molecule has 0 aliphatic heterocycles. The van der Waals surface area contributed by atoms with Gasteiger partial charge in [0.25, 0.3) is 0 Å². The largest absolute Gasteiger partial charge is 0.344 e. The number of nitriles is 1. The number of carbonyl (C=O) groups excluding carboxylic acids is 1. The minimum absolute atomic E-state index is 0.0114. The Kier molecular flexibility index (Phi) is 4.10. The number of carbonyl (C=O) groups is 1. The van der Waals surface area contributed by atoms with E-state index in [0.717, 1.165) is 12.8 Å². The molecule has 1 amide bonds. The Morgan fingerprint density at radius 1 is 1.67 bits per heavy atom. The van der Waals surface area contributed by atoms with Crippen molar-refractivity contribution in [3.8, 4) is 6.07 Å². The molecule has 4 heteroatoms. The summed E-state index contributed by atoms with van der Waals surface area (Å²) in [5.41, 5.74) is 5.87. The molecule has 0 spiro atoms. The fourth-order valence-corrected chi connectivity index (χ4v) is 1.60. The summed E-state index contributed by atoms with van der Waals surface area (Å²) in [5, 5.41) is 8.63. The third kappa shape index (κ3) is 3.88. The molecule has 0 aromatic carbocycles. The molecule has 0 aromatic heterocycles. The van der Waals surface area contributed by atoms with Gasteiger partial charge in [-0.3, -0.25) is 4.79 Å². The molecule has 2 unspecified atom stereocenters. The molecule has 1 rings (SSSR count). The maximum Gasteiger partial charge on any atom is 0.223 e. The molecule has 1 fully saturated rings. The lowest BCUT2D eigenvalue weighted by Crippen LogP contribution is -2.36. The van der Waals surface area contributed by atoms with Crippen molar-refractivity contribution >= 4 is 5.91 Å². The molecule has 4 nitrogen and oxygen atoms in total. The van der Waals surface area contributed by atoms with Crippen LogP contribution in [0.25, 0.3) is 0 Å². The predicted molar refractivity (Wildman–Crippen MR) is 57.7 cm³/mol. The van der Waals surface area contributed by atoms with E-state index in [0.29, 0.717) is 18.9 Å². The second-order valence-electron chi connectivity index (χ2n) is 4.51. The van der Waals surface area contributed by atoms with Gasteiger partial charge >= 0.3 is 0 Å². The Balaban J connectivity index is 2.29. The van der Waals surface area contributed by atoms with E-state index in [1.165, 1.54) is 0 Å². The molecule has 84 valence electrons. The van der Waals surface area contributed by atoms with Gasteiger partial charge in [-0.25, -0.2) is 0 Å². The minimum atomic E-state index is -0.115. The van der Waals surface area contributed by atoms with Crippen LogP contribution in [0.3, 0.4) is 0 Å². The second-order valence-corrected chi connectivity index (χ2v) is 4.51. The molecule has 0 heterocycles. The standard InChI is InChI=1S/C11H19N3O/c1-8(6-12)7-14(2)11(15)5-10(13)9-3-4-9/h8-10H,3-5,7,13H2,1-2H3. The zero-order valence-corrected chi connectivity index (χ0v) is 9.44. The third-order valence-corrected chi connectivity index (χ3v) is 2.83. The van der Waals surface area contributed by atoms with Crippen molar-refractivity contribution in [3.63, 3.8) is 0 Å². The molecule has 1 saturated carbocycles. The van der Waals surface area contributed by atoms with E-state index in [9.17, 15) is 4.79 Å². The summed E-state index contributed by atoms with van der Waals surface area (Å²) in [5.74, 6) is 0.489. The lowest BCUT2D eigenvalue weighted by atomic mass is 10.1. The molecule has 2 atom stereocenters. The zero-order chi connectivity index (χ0) is 11.4. The molecule has 0 aromatic rings. The van der Waals surface area contributed by atoms with E-state index in [2.05, 4.69) is 6.07 Å². The summed E-state index contributed by atoms with van der Waals surface area (Å²) in [4.78, 5) is 13.3. The Morgan fingerprint density at radius 3 is 2.73 bits per heavy atom. The summed E-state index contributed by atoms with van der Waals surface area (Å²) in [6.45, 7) is 2.30. The van der Waals surface area contributed by atoms with Crippen LogP contribution in [0.4, 0.5) is 0 Å². The number of nitrogens with zero attached hydrogens (tertiary/aromatic N) is 2. The maximum absolute atomic E-state index is 11.7.